The highest BCUT2D eigenvalue weighted by molar-refractivity contribution is 7.90. The topological polar surface area (TPSA) is 101 Å². The Balaban J connectivity index is 2.34. The zero-order chi connectivity index (χ0) is 11.8. The Labute approximate surface area is 93.0 Å². The van der Waals surface area contributed by atoms with Gasteiger partial charge in [-0.25, -0.2) is 0 Å². The number of hydrogen-bond acceptors (Lipinski definition) is 3. The van der Waals surface area contributed by atoms with Crippen LogP contribution in [0.2, 0.25) is 0 Å². The van der Waals surface area contributed by atoms with Gasteiger partial charge in [0.1, 0.15) is 0 Å². The van der Waals surface area contributed by atoms with E-state index in [0.717, 1.165) is 5.56 Å². The first-order chi connectivity index (χ1) is 7.46. The number of benzene rings is 1. The summed E-state index contributed by atoms with van der Waals surface area (Å²) in [6.45, 7) is 0.252. The molecule has 0 aromatic heterocycles. The first-order valence-corrected chi connectivity index (χ1v) is 6.12. The lowest BCUT2D eigenvalue weighted by Crippen LogP contribution is -2.34. The van der Waals surface area contributed by atoms with Gasteiger partial charge in [-0.2, -0.15) is 13.1 Å². The smallest absolute Gasteiger partial charge is 0.299 e. The van der Waals surface area contributed by atoms with E-state index in [0.29, 0.717) is 11.3 Å². The van der Waals surface area contributed by atoms with Crippen LogP contribution in [0.25, 0.3) is 0 Å². The first-order valence-electron chi connectivity index (χ1n) is 4.64. The van der Waals surface area contributed by atoms with E-state index < -0.39 is 16.1 Å². The predicted octanol–water partition coefficient (Wildman–Crippen LogP) is -0.526. The molecule has 0 aliphatic carbocycles. The summed E-state index contributed by atoms with van der Waals surface area (Å²) in [5.74, 6) is -0.447. The van der Waals surface area contributed by atoms with Crippen LogP contribution >= 0.6 is 0 Å². The van der Waals surface area contributed by atoms with Crippen molar-refractivity contribution in [3.63, 3.8) is 0 Å². The zero-order valence-electron chi connectivity index (χ0n) is 8.36. The minimum Gasteiger partial charge on any atom is -0.369 e. The Bertz CT molecular complexity index is 539. The summed E-state index contributed by atoms with van der Waals surface area (Å²) < 4.78 is 27.2. The van der Waals surface area contributed by atoms with E-state index in [2.05, 4.69) is 9.44 Å². The Morgan fingerprint density at radius 1 is 1.44 bits per heavy atom. The van der Waals surface area contributed by atoms with Gasteiger partial charge in [0.15, 0.2) is 0 Å². The van der Waals surface area contributed by atoms with Crippen LogP contribution < -0.4 is 15.2 Å². The highest BCUT2D eigenvalue weighted by atomic mass is 32.2. The van der Waals surface area contributed by atoms with Crippen molar-refractivity contribution in [2.24, 2.45) is 5.73 Å². The largest absolute Gasteiger partial charge is 0.369 e. The van der Waals surface area contributed by atoms with Gasteiger partial charge in [0, 0.05) is 6.54 Å². The Hall–Kier alpha value is -1.60. The number of primary amides is 1. The van der Waals surface area contributed by atoms with Crippen LogP contribution in [0.1, 0.15) is 11.1 Å². The molecule has 0 spiro atoms. The maximum atomic E-state index is 11.2. The lowest BCUT2D eigenvalue weighted by atomic mass is 10.1. The standard InChI is InChI=1S/C9H11N3O3S/c10-9(13)4-6-1-2-7-5-11-16(14,15)12-8(7)3-6/h1-3,11-12H,4-5H2,(H2,10,13). The summed E-state index contributed by atoms with van der Waals surface area (Å²) in [5, 5.41) is 0. The van der Waals surface area contributed by atoms with Crippen molar-refractivity contribution in [2.75, 3.05) is 4.72 Å². The minimum atomic E-state index is -3.46. The molecule has 1 aromatic carbocycles. The summed E-state index contributed by atoms with van der Waals surface area (Å²) in [6.07, 6.45) is 0.0996. The monoisotopic (exact) mass is 241 g/mol. The molecule has 4 N–H and O–H groups in total. The molecule has 1 amide bonds. The molecular formula is C9H11N3O3S. The van der Waals surface area contributed by atoms with Crippen molar-refractivity contribution in [2.45, 2.75) is 13.0 Å². The molecule has 0 atom stereocenters. The Kier molecular flexibility index (Phi) is 2.56. The summed E-state index contributed by atoms with van der Waals surface area (Å²) in [6, 6.07) is 5.14. The van der Waals surface area contributed by atoms with Crippen molar-refractivity contribution in [3.8, 4) is 0 Å². The second kappa shape index (κ2) is 3.76. The average Bonchev–Trinajstić information content (AvgIpc) is 2.14. The van der Waals surface area contributed by atoms with Crippen LogP contribution in [-0.4, -0.2) is 14.3 Å². The molecule has 7 heteroatoms. The van der Waals surface area contributed by atoms with Gasteiger partial charge in [-0.05, 0) is 17.2 Å². The second-order valence-corrected chi connectivity index (χ2v) is 5.06. The quantitative estimate of drug-likeness (QED) is 0.649. The molecule has 0 saturated heterocycles. The van der Waals surface area contributed by atoms with Crippen LogP contribution in [0.5, 0.6) is 0 Å². The molecule has 0 bridgehead atoms. The van der Waals surface area contributed by atoms with Crippen molar-refractivity contribution in [1.29, 1.82) is 0 Å². The summed E-state index contributed by atoms with van der Waals surface area (Å²) in [5.41, 5.74) is 7.09. The average molecular weight is 241 g/mol. The molecule has 0 saturated carbocycles. The van der Waals surface area contributed by atoms with Crippen LogP contribution in [0, 0.1) is 0 Å². The van der Waals surface area contributed by atoms with Crippen molar-refractivity contribution in [3.05, 3.63) is 29.3 Å². The molecular weight excluding hydrogens is 230 g/mol. The third kappa shape index (κ3) is 2.31. The lowest BCUT2D eigenvalue weighted by molar-refractivity contribution is -0.117. The van der Waals surface area contributed by atoms with E-state index in [4.69, 9.17) is 5.73 Å². The van der Waals surface area contributed by atoms with E-state index in [1.807, 2.05) is 0 Å². The SMILES string of the molecule is NC(=O)Cc1ccc2c(c1)NS(=O)(=O)NC2. The van der Waals surface area contributed by atoms with Gasteiger partial charge < -0.3 is 5.73 Å². The number of rotatable bonds is 2. The van der Waals surface area contributed by atoms with Crippen LogP contribution in [-0.2, 0) is 28.0 Å². The first kappa shape index (κ1) is 10.9. The number of hydrogen-bond donors (Lipinski definition) is 3. The van der Waals surface area contributed by atoms with Crippen molar-refractivity contribution in [1.82, 2.24) is 4.72 Å². The number of carbonyl (C=O) groups is 1. The fourth-order valence-corrected chi connectivity index (χ4v) is 2.43. The molecule has 0 radical (unpaired) electrons. The van der Waals surface area contributed by atoms with Crippen LogP contribution in [0.15, 0.2) is 18.2 Å². The number of fused-ring (bicyclic) bond motifs is 1. The normalized spacial score (nSPS) is 17.2. The molecule has 1 aliphatic rings. The van der Waals surface area contributed by atoms with Gasteiger partial charge in [0.2, 0.25) is 5.91 Å². The summed E-state index contributed by atoms with van der Waals surface area (Å²) >= 11 is 0. The number of carbonyl (C=O) groups excluding carboxylic acids is 1. The van der Waals surface area contributed by atoms with Gasteiger partial charge in [0.25, 0.3) is 10.2 Å². The predicted molar refractivity (Wildman–Crippen MR) is 58.7 cm³/mol. The highest BCUT2D eigenvalue weighted by Crippen LogP contribution is 2.22. The number of nitrogens with one attached hydrogen (secondary N) is 2. The van der Waals surface area contributed by atoms with Gasteiger partial charge in [0.05, 0.1) is 12.1 Å². The zero-order valence-corrected chi connectivity index (χ0v) is 9.17. The fraction of sp³-hybridized carbons (Fsp3) is 0.222. The molecule has 1 aliphatic heterocycles. The second-order valence-electron chi connectivity index (χ2n) is 3.56. The van der Waals surface area contributed by atoms with E-state index in [1.54, 1.807) is 18.2 Å². The van der Waals surface area contributed by atoms with Crippen LogP contribution in [0.4, 0.5) is 5.69 Å². The molecule has 0 unspecified atom stereocenters. The molecule has 0 fully saturated rings. The van der Waals surface area contributed by atoms with Gasteiger partial charge in [-0.3, -0.25) is 9.52 Å². The highest BCUT2D eigenvalue weighted by Gasteiger charge is 2.19. The summed E-state index contributed by atoms with van der Waals surface area (Å²) in [7, 11) is -3.46. The minimum absolute atomic E-state index is 0.0996. The molecule has 1 heterocycles. The molecule has 16 heavy (non-hydrogen) atoms. The summed E-state index contributed by atoms with van der Waals surface area (Å²) in [4.78, 5) is 10.7. The molecule has 1 aromatic rings. The van der Waals surface area contributed by atoms with E-state index in [-0.39, 0.29) is 13.0 Å². The molecule has 2 rings (SSSR count). The van der Waals surface area contributed by atoms with Gasteiger partial charge in [-0.15, -0.1) is 0 Å². The molecule has 6 nitrogen and oxygen atoms in total. The third-order valence-corrected chi connectivity index (χ3v) is 3.26. The number of anilines is 1. The Morgan fingerprint density at radius 2 is 2.19 bits per heavy atom. The lowest BCUT2D eigenvalue weighted by Gasteiger charge is -2.19. The number of amides is 1. The van der Waals surface area contributed by atoms with Gasteiger partial charge in [-0.1, -0.05) is 12.1 Å². The van der Waals surface area contributed by atoms with Crippen molar-refractivity contribution >= 4 is 21.8 Å². The van der Waals surface area contributed by atoms with Gasteiger partial charge >= 0.3 is 0 Å². The maximum absolute atomic E-state index is 11.2. The Morgan fingerprint density at radius 3 is 2.88 bits per heavy atom. The molecule has 86 valence electrons. The maximum Gasteiger partial charge on any atom is 0.299 e. The number of nitrogens with two attached hydrogens (primary N) is 1. The van der Waals surface area contributed by atoms with E-state index in [9.17, 15) is 13.2 Å². The van der Waals surface area contributed by atoms with Crippen LogP contribution in [0.3, 0.4) is 0 Å². The van der Waals surface area contributed by atoms with Crippen molar-refractivity contribution < 1.29 is 13.2 Å². The van der Waals surface area contributed by atoms with E-state index >= 15 is 0 Å². The van der Waals surface area contributed by atoms with E-state index in [1.165, 1.54) is 0 Å². The third-order valence-electron chi connectivity index (χ3n) is 2.25. The fourth-order valence-electron chi connectivity index (χ4n) is 1.54.